The van der Waals surface area contributed by atoms with Crippen molar-refractivity contribution in [3.8, 4) is 0 Å². The van der Waals surface area contributed by atoms with Crippen molar-refractivity contribution in [1.29, 1.82) is 0 Å². The molecule has 108 valence electrons. The van der Waals surface area contributed by atoms with Gasteiger partial charge in [-0.3, -0.25) is 0 Å². The number of hydrogen-bond acceptors (Lipinski definition) is 2. The predicted molar refractivity (Wildman–Crippen MR) is 84.2 cm³/mol. The van der Waals surface area contributed by atoms with E-state index in [1.165, 1.54) is 0 Å². The van der Waals surface area contributed by atoms with Crippen LogP contribution < -0.4 is 0 Å². The second kappa shape index (κ2) is 6.40. The molecule has 1 aromatic carbocycles. The molecule has 1 aromatic rings. The molecule has 2 nitrogen and oxygen atoms in total. The molecule has 0 aliphatic carbocycles. The molecule has 0 radical (unpaired) electrons. The predicted octanol–water partition coefficient (Wildman–Crippen LogP) is 4.40. The zero-order chi connectivity index (χ0) is 14.7. The monoisotopic (exact) mass is 300 g/mol. The molecule has 0 spiro atoms. The Labute approximate surface area is 122 Å². The number of halogens is 1. The second-order valence-corrected chi connectivity index (χ2v) is 11.7. The minimum atomic E-state index is -1.73. The standard InChI is InChI=1S/C15H25ClO2Si/c1-15(2,3)19(4,5)18-11-13-8-12(6-7-17)9-14(16)10-13/h8-10,17H,6-7,11H2,1-5H3. The smallest absolute Gasteiger partial charge is 0.192 e. The van der Waals surface area contributed by atoms with E-state index in [4.69, 9.17) is 21.1 Å². The van der Waals surface area contributed by atoms with E-state index in [1.54, 1.807) is 0 Å². The van der Waals surface area contributed by atoms with E-state index >= 15 is 0 Å². The third-order valence-electron chi connectivity index (χ3n) is 3.82. The normalized spacial score (nSPS) is 12.8. The highest BCUT2D eigenvalue weighted by Gasteiger charge is 2.36. The van der Waals surface area contributed by atoms with Gasteiger partial charge in [0.1, 0.15) is 0 Å². The second-order valence-electron chi connectivity index (χ2n) is 6.49. The van der Waals surface area contributed by atoms with Crippen molar-refractivity contribution < 1.29 is 9.53 Å². The van der Waals surface area contributed by atoms with Gasteiger partial charge in [0.15, 0.2) is 8.32 Å². The van der Waals surface area contributed by atoms with Crippen LogP contribution in [0.15, 0.2) is 18.2 Å². The maximum Gasteiger partial charge on any atom is 0.192 e. The van der Waals surface area contributed by atoms with E-state index in [1.807, 2.05) is 12.1 Å². The molecule has 0 atom stereocenters. The lowest BCUT2D eigenvalue weighted by Gasteiger charge is -2.36. The summed E-state index contributed by atoms with van der Waals surface area (Å²) >= 11 is 6.10. The topological polar surface area (TPSA) is 29.5 Å². The first-order valence-electron chi connectivity index (χ1n) is 6.69. The number of rotatable bonds is 5. The van der Waals surface area contributed by atoms with Gasteiger partial charge in [0.2, 0.25) is 0 Å². The summed E-state index contributed by atoms with van der Waals surface area (Å²) in [6.07, 6.45) is 0.633. The molecule has 0 fully saturated rings. The van der Waals surface area contributed by atoms with E-state index in [9.17, 15) is 0 Å². The van der Waals surface area contributed by atoms with Crippen molar-refractivity contribution in [2.75, 3.05) is 6.61 Å². The molecule has 4 heteroatoms. The Morgan fingerprint density at radius 1 is 1.16 bits per heavy atom. The van der Waals surface area contributed by atoms with Gasteiger partial charge < -0.3 is 9.53 Å². The number of hydrogen-bond donors (Lipinski definition) is 1. The highest BCUT2D eigenvalue weighted by atomic mass is 35.5. The number of benzene rings is 1. The first-order valence-corrected chi connectivity index (χ1v) is 9.97. The van der Waals surface area contributed by atoms with Gasteiger partial charge in [0.05, 0.1) is 6.61 Å². The zero-order valence-electron chi connectivity index (χ0n) is 12.6. The fourth-order valence-electron chi connectivity index (χ4n) is 1.55. The van der Waals surface area contributed by atoms with Crippen LogP contribution in [0, 0.1) is 0 Å². The highest BCUT2D eigenvalue weighted by Crippen LogP contribution is 2.37. The Bertz CT molecular complexity index is 425. The zero-order valence-corrected chi connectivity index (χ0v) is 14.3. The fraction of sp³-hybridized carbons (Fsp3) is 0.600. The number of aliphatic hydroxyl groups excluding tert-OH is 1. The van der Waals surface area contributed by atoms with E-state index in [-0.39, 0.29) is 11.6 Å². The van der Waals surface area contributed by atoms with Crippen LogP contribution in [0.4, 0.5) is 0 Å². The summed E-state index contributed by atoms with van der Waals surface area (Å²) in [5, 5.41) is 9.92. The Hall–Kier alpha value is -0.353. The first-order chi connectivity index (χ1) is 8.65. The van der Waals surface area contributed by atoms with Crippen molar-refractivity contribution >= 4 is 19.9 Å². The lowest BCUT2D eigenvalue weighted by atomic mass is 10.1. The molecular formula is C15H25ClO2Si. The van der Waals surface area contributed by atoms with Crippen LogP contribution in [0.1, 0.15) is 31.9 Å². The summed E-state index contributed by atoms with van der Waals surface area (Å²) < 4.78 is 6.19. The Balaban J connectivity index is 2.78. The Kier molecular flexibility index (Phi) is 5.62. The average molecular weight is 301 g/mol. The Morgan fingerprint density at radius 2 is 1.74 bits per heavy atom. The van der Waals surface area contributed by atoms with Gasteiger partial charge >= 0.3 is 0 Å². The summed E-state index contributed by atoms with van der Waals surface area (Å²) in [4.78, 5) is 0. The fourth-order valence-corrected chi connectivity index (χ4v) is 2.80. The van der Waals surface area contributed by atoms with E-state index in [0.717, 1.165) is 11.1 Å². The molecule has 0 aromatic heterocycles. The van der Waals surface area contributed by atoms with Gasteiger partial charge in [-0.15, -0.1) is 0 Å². The van der Waals surface area contributed by atoms with Crippen LogP contribution in [-0.2, 0) is 17.5 Å². The van der Waals surface area contributed by atoms with Crippen molar-refractivity contribution in [3.63, 3.8) is 0 Å². The van der Waals surface area contributed by atoms with Crippen LogP contribution >= 0.6 is 11.6 Å². The molecular weight excluding hydrogens is 276 g/mol. The maximum absolute atomic E-state index is 9.00. The van der Waals surface area contributed by atoms with E-state index in [2.05, 4.69) is 39.9 Å². The molecule has 0 unspecified atom stereocenters. The molecule has 0 aliphatic heterocycles. The summed E-state index contributed by atoms with van der Waals surface area (Å²) in [5.74, 6) is 0. The lowest BCUT2D eigenvalue weighted by molar-refractivity contribution is 0.276. The summed E-state index contributed by atoms with van der Waals surface area (Å²) in [7, 11) is -1.73. The van der Waals surface area contributed by atoms with Gasteiger partial charge in [-0.05, 0) is 47.8 Å². The molecule has 19 heavy (non-hydrogen) atoms. The largest absolute Gasteiger partial charge is 0.413 e. The molecule has 0 bridgehead atoms. The molecule has 0 aliphatic rings. The van der Waals surface area contributed by atoms with Gasteiger partial charge in [-0.25, -0.2) is 0 Å². The highest BCUT2D eigenvalue weighted by molar-refractivity contribution is 6.74. The third kappa shape index (κ3) is 4.92. The van der Waals surface area contributed by atoms with E-state index < -0.39 is 8.32 Å². The summed E-state index contributed by atoms with van der Waals surface area (Å²) in [6, 6.07) is 5.90. The van der Waals surface area contributed by atoms with Crippen LogP contribution in [0.5, 0.6) is 0 Å². The SMILES string of the molecule is CC(C)(C)[Si](C)(C)OCc1cc(Cl)cc(CCO)c1. The van der Waals surface area contributed by atoms with Crippen molar-refractivity contribution in [2.24, 2.45) is 0 Å². The third-order valence-corrected chi connectivity index (χ3v) is 8.52. The maximum atomic E-state index is 9.00. The average Bonchev–Trinajstić information content (AvgIpc) is 2.25. The summed E-state index contributed by atoms with van der Waals surface area (Å²) in [6.45, 7) is 11.9. The van der Waals surface area contributed by atoms with Crippen LogP contribution in [0.25, 0.3) is 0 Å². The van der Waals surface area contributed by atoms with Gasteiger partial charge in [0, 0.05) is 11.6 Å². The van der Waals surface area contributed by atoms with Crippen LogP contribution in [0.2, 0.25) is 23.2 Å². The lowest BCUT2D eigenvalue weighted by Crippen LogP contribution is -2.40. The summed E-state index contributed by atoms with van der Waals surface area (Å²) in [5.41, 5.74) is 2.14. The molecule has 0 saturated heterocycles. The molecule has 0 heterocycles. The van der Waals surface area contributed by atoms with Crippen LogP contribution in [-0.4, -0.2) is 20.0 Å². The molecule has 0 amide bonds. The molecule has 0 saturated carbocycles. The van der Waals surface area contributed by atoms with Crippen molar-refractivity contribution in [3.05, 3.63) is 34.3 Å². The van der Waals surface area contributed by atoms with Gasteiger partial charge in [0.25, 0.3) is 0 Å². The van der Waals surface area contributed by atoms with Crippen molar-refractivity contribution in [1.82, 2.24) is 0 Å². The van der Waals surface area contributed by atoms with E-state index in [0.29, 0.717) is 18.1 Å². The molecule has 1 rings (SSSR count). The molecule has 1 N–H and O–H groups in total. The van der Waals surface area contributed by atoms with Gasteiger partial charge in [-0.1, -0.05) is 38.4 Å². The first kappa shape index (κ1) is 16.7. The number of aliphatic hydroxyl groups is 1. The minimum Gasteiger partial charge on any atom is -0.413 e. The van der Waals surface area contributed by atoms with Crippen molar-refractivity contribution in [2.45, 2.75) is 51.9 Å². The quantitative estimate of drug-likeness (QED) is 0.817. The Morgan fingerprint density at radius 3 is 2.26 bits per heavy atom. The van der Waals surface area contributed by atoms with Crippen LogP contribution in [0.3, 0.4) is 0 Å². The minimum absolute atomic E-state index is 0.142. The van der Waals surface area contributed by atoms with Gasteiger partial charge in [-0.2, -0.15) is 0 Å².